The fourth-order valence-electron chi connectivity index (χ4n) is 4.33. The van der Waals surface area contributed by atoms with E-state index in [1.807, 2.05) is 53.1 Å². The number of aryl methyl sites for hydroxylation is 1. The third kappa shape index (κ3) is 4.77. The minimum absolute atomic E-state index is 0.168. The average Bonchev–Trinajstić information content (AvgIpc) is 3.35. The predicted molar refractivity (Wildman–Crippen MR) is 137 cm³/mol. The molecule has 11 heteroatoms. The molecule has 2 N–H and O–H groups in total. The van der Waals surface area contributed by atoms with Gasteiger partial charge in [0.1, 0.15) is 12.3 Å². The van der Waals surface area contributed by atoms with Crippen LogP contribution in [-0.2, 0) is 21.5 Å². The van der Waals surface area contributed by atoms with Crippen molar-refractivity contribution in [2.75, 3.05) is 24.3 Å². The molecule has 36 heavy (non-hydrogen) atoms. The van der Waals surface area contributed by atoms with E-state index in [-0.39, 0.29) is 19.5 Å². The van der Waals surface area contributed by atoms with Crippen molar-refractivity contribution in [2.45, 2.75) is 17.9 Å². The SMILES string of the molecule is COc1ccc2c(c1)N(CC(=O)O)/C(=C/c1oc3ccc4ccccc4c3[n+]1CCCS(=O)(=O)O)S2. The summed E-state index contributed by atoms with van der Waals surface area (Å²) < 4.78 is 45.4. The topological polar surface area (TPSA) is 121 Å². The third-order valence-electron chi connectivity index (χ3n) is 5.88. The lowest BCUT2D eigenvalue weighted by atomic mass is 10.1. The Morgan fingerprint density at radius 2 is 2.00 bits per heavy atom. The molecule has 0 amide bonds. The summed E-state index contributed by atoms with van der Waals surface area (Å²) in [5.74, 6) is -0.330. The minimum atomic E-state index is -4.12. The molecule has 1 aliphatic heterocycles. The van der Waals surface area contributed by atoms with E-state index in [1.165, 1.54) is 11.8 Å². The van der Waals surface area contributed by atoms with Crippen LogP contribution in [-0.4, -0.2) is 43.5 Å². The third-order valence-corrected chi connectivity index (χ3v) is 7.79. The molecule has 0 saturated carbocycles. The number of carboxylic acid groups (broad SMARTS) is 1. The first-order chi connectivity index (χ1) is 17.2. The number of carbonyl (C=O) groups is 1. The van der Waals surface area contributed by atoms with E-state index in [0.717, 1.165) is 21.2 Å². The van der Waals surface area contributed by atoms with Crippen LogP contribution in [0.3, 0.4) is 0 Å². The van der Waals surface area contributed by atoms with Gasteiger partial charge in [0.15, 0.2) is 6.54 Å². The molecule has 0 radical (unpaired) electrons. The van der Waals surface area contributed by atoms with Crippen LogP contribution < -0.4 is 14.2 Å². The second-order valence-electron chi connectivity index (χ2n) is 8.26. The Labute approximate surface area is 211 Å². The molecule has 0 atom stereocenters. The zero-order valence-corrected chi connectivity index (χ0v) is 20.9. The maximum atomic E-state index is 11.7. The van der Waals surface area contributed by atoms with Gasteiger partial charge in [-0.15, -0.1) is 0 Å². The number of nitrogens with zero attached hydrogens (tertiary/aromatic N) is 2. The monoisotopic (exact) mass is 527 g/mol. The molecule has 9 nitrogen and oxygen atoms in total. The number of oxazole rings is 1. The first kappa shape index (κ1) is 24.2. The number of ether oxygens (including phenoxy) is 1. The van der Waals surface area contributed by atoms with Crippen LogP contribution in [0.5, 0.6) is 5.75 Å². The van der Waals surface area contributed by atoms with Crippen LogP contribution in [0.15, 0.2) is 68.9 Å². The number of thioether (sulfide) groups is 1. The van der Waals surface area contributed by atoms with Gasteiger partial charge in [-0.25, -0.2) is 0 Å². The lowest BCUT2D eigenvalue weighted by Crippen LogP contribution is -2.36. The zero-order chi connectivity index (χ0) is 25.4. The maximum absolute atomic E-state index is 11.7. The standard InChI is InChI=1S/C25H22N2O7S2/c1-33-17-8-10-21-19(13-17)27(15-24(28)29)23(35-21)14-22-26(11-4-12-36(30,31)32)25-18-6-3-2-5-16(18)7-9-20(25)34-22/h2-3,5-10,13-14H,4,11-12,15H2,1H3,(H-,28,29,30,31,32)/p+1. The molecule has 0 aliphatic carbocycles. The average molecular weight is 528 g/mol. The van der Waals surface area contributed by atoms with Gasteiger partial charge < -0.3 is 19.2 Å². The highest BCUT2D eigenvalue weighted by atomic mass is 32.2. The molecule has 4 aromatic rings. The van der Waals surface area contributed by atoms with Gasteiger partial charge >= 0.3 is 11.9 Å². The largest absolute Gasteiger partial charge is 0.497 e. The number of anilines is 1. The first-order valence-corrected chi connectivity index (χ1v) is 13.5. The number of benzene rings is 3. The van der Waals surface area contributed by atoms with Crippen molar-refractivity contribution in [1.29, 1.82) is 0 Å². The number of rotatable bonds is 8. The van der Waals surface area contributed by atoms with E-state index in [0.29, 0.717) is 27.9 Å². The lowest BCUT2D eigenvalue weighted by molar-refractivity contribution is -0.677. The molecule has 0 fully saturated rings. The summed E-state index contributed by atoms with van der Waals surface area (Å²) in [4.78, 5) is 14.2. The Morgan fingerprint density at radius 1 is 1.19 bits per heavy atom. The minimum Gasteiger partial charge on any atom is -0.497 e. The second-order valence-corrected chi connectivity index (χ2v) is 10.9. The fourth-order valence-corrected chi connectivity index (χ4v) is 5.89. The Morgan fingerprint density at radius 3 is 2.75 bits per heavy atom. The van der Waals surface area contributed by atoms with E-state index in [2.05, 4.69) is 0 Å². The van der Waals surface area contributed by atoms with E-state index in [4.69, 9.17) is 9.15 Å². The summed E-state index contributed by atoms with van der Waals surface area (Å²) in [6, 6.07) is 17.1. The van der Waals surface area contributed by atoms with Crippen molar-refractivity contribution in [3.63, 3.8) is 0 Å². The number of methoxy groups -OCH3 is 1. The summed E-state index contributed by atoms with van der Waals surface area (Å²) in [7, 11) is -2.57. The molecule has 3 aromatic carbocycles. The highest BCUT2D eigenvalue weighted by Crippen LogP contribution is 2.48. The predicted octanol–water partition coefficient (Wildman–Crippen LogP) is 4.16. The van der Waals surface area contributed by atoms with Crippen LogP contribution in [0.4, 0.5) is 5.69 Å². The molecule has 0 unspecified atom stereocenters. The van der Waals surface area contributed by atoms with Crippen LogP contribution in [0.1, 0.15) is 12.3 Å². The van der Waals surface area contributed by atoms with Crippen LogP contribution in [0.2, 0.25) is 0 Å². The van der Waals surface area contributed by atoms with E-state index in [9.17, 15) is 22.9 Å². The van der Waals surface area contributed by atoms with Crippen molar-refractivity contribution in [1.82, 2.24) is 0 Å². The molecular formula is C25H23N2O7S2+. The molecule has 186 valence electrons. The summed E-state index contributed by atoms with van der Waals surface area (Å²) in [5.41, 5.74) is 2.12. The summed E-state index contributed by atoms with van der Waals surface area (Å²) in [5, 5.41) is 12.1. The van der Waals surface area contributed by atoms with E-state index >= 15 is 0 Å². The molecule has 5 rings (SSSR count). The van der Waals surface area contributed by atoms with Crippen LogP contribution >= 0.6 is 11.8 Å². The van der Waals surface area contributed by atoms with Gasteiger partial charge in [0, 0.05) is 17.4 Å². The van der Waals surface area contributed by atoms with Gasteiger partial charge in [-0.1, -0.05) is 36.0 Å². The zero-order valence-electron chi connectivity index (χ0n) is 19.2. The highest BCUT2D eigenvalue weighted by Gasteiger charge is 2.31. The van der Waals surface area contributed by atoms with Crippen LogP contribution in [0.25, 0.3) is 27.9 Å². The number of carboxylic acids is 1. The quantitative estimate of drug-likeness (QED) is 0.257. The van der Waals surface area contributed by atoms with Gasteiger partial charge in [-0.05, 0) is 29.7 Å². The normalized spacial score (nSPS) is 14.6. The van der Waals surface area contributed by atoms with Gasteiger partial charge in [-0.3, -0.25) is 9.35 Å². The van der Waals surface area contributed by atoms with Crippen molar-refractivity contribution >= 4 is 61.5 Å². The Bertz CT molecular complexity index is 1630. The van der Waals surface area contributed by atoms with Crippen molar-refractivity contribution < 1.29 is 36.6 Å². The Hall–Kier alpha value is -3.54. The number of aromatic nitrogens is 1. The Kier molecular flexibility index (Phi) is 6.37. The molecule has 0 bridgehead atoms. The lowest BCUT2D eigenvalue weighted by Gasteiger charge is -2.17. The number of aliphatic carboxylic acids is 1. The Balaban J connectivity index is 1.65. The van der Waals surface area contributed by atoms with Crippen molar-refractivity contribution in [3.8, 4) is 5.75 Å². The highest BCUT2D eigenvalue weighted by molar-refractivity contribution is 8.03. The van der Waals surface area contributed by atoms with Gasteiger partial charge in [0.05, 0.1) is 35.0 Å². The summed E-state index contributed by atoms with van der Waals surface area (Å²) in [6.07, 6.45) is 1.93. The first-order valence-electron chi connectivity index (χ1n) is 11.1. The van der Waals surface area contributed by atoms with Gasteiger partial charge in [-0.2, -0.15) is 13.0 Å². The molecule has 0 saturated heterocycles. The van der Waals surface area contributed by atoms with Crippen molar-refractivity contribution in [3.05, 3.63) is 65.5 Å². The van der Waals surface area contributed by atoms with E-state index in [1.54, 1.807) is 24.2 Å². The molecule has 2 heterocycles. The van der Waals surface area contributed by atoms with Crippen molar-refractivity contribution in [2.24, 2.45) is 0 Å². The number of hydrogen-bond donors (Lipinski definition) is 2. The molecule has 0 spiro atoms. The molecular weight excluding hydrogens is 504 g/mol. The number of hydrogen-bond acceptors (Lipinski definition) is 7. The van der Waals surface area contributed by atoms with Crippen LogP contribution in [0, 0.1) is 0 Å². The summed E-state index contributed by atoms with van der Waals surface area (Å²) in [6.45, 7) is 0.00912. The second kappa shape index (κ2) is 9.49. The van der Waals surface area contributed by atoms with Gasteiger partial charge in [0.25, 0.3) is 15.6 Å². The van der Waals surface area contributed by atoms with Gasteiger partial charge in [0.2, 0.25) is 5.58 Å². The number of fused-ring (bicyclic) bond motifs is 4. The molecule has 1 aromatic heterocycles. The maximum Gasteiger partial charge on any atom is 0.376 e. The smallest absolute Gasteiger partial charge is 0.376 e. The van der Waals surface area contributed by atoms with E-state index < -0.39 is 21.8 Å². The fraction of sp³-hybridized carbons (Fsp3) is 0.200. The molecule has 1 aliphatic rings. The summed E-state index contributed by atoms with van der Waals surface area (Å²) >= 11 is 1.41.